The summed E-state index contributed by atoms with van der Waals surface area (Å²) >= 11 is 0. The first-order chi connectivity index (χ1) is 12.1. The highest BCUT2D eigenvalue weighted by molar-refractivity contribution is 5.78. The van der Waals surface area contributed by atoms with Crippen LogP contribution in [0.2, 0.25) is 0 Å². The predicted octanol–water partition coefficient (Wildman–Crippen LogP) is 2.78. The van der Waals surface area contributed by atoms with E-state index in [1.165, 1.54) is 30.6 Å². The summed E-state index contributed by atoms with van der Waals surface area (Å²) in [6, 6.07) is 8.58. The summed E-state index contributed by atoms with van der Waals surface area (Å²) in [6.07, 6.45) is 3.25. The monoisotopic (exact) mass is 343 g/mol. The molecule has 0 aromatic heterocycles. The second kappa shape index (κ2) is 8.81. The molecule has 0 radical (unpaired) electrons. The molecule has 1 aromatic rings. The minimum Gasteiger partial charge on any atom is -0.352 e. The third kappa shape index (κ3) is 5.29. The number of nitrogens with zero attached hydrogens (tertiary/aromatic N) is 1. The van der Waals surface area contributed by atoms with E-state index in [-0.39, 0.29) is 11.8 Å². The fourth-order valence-corrected chi connectivity index (χ4v) is 4.46. The summed E-state index contributed by atoms with van der Waals surface area (Å²) in [6.45, 7) is 10.6. The zero-order valence-corrected chi connectivity index (χ0v) is 15.8. The van der Waals surface area contributed by atoms with Crippen molar-refractivity contribution in [3.63, 3.8) is 0 Å². The molecule has 138 valence electrons. The summed E-state index contributed by atoms with van der Waals surface area (Å²) in [4.78, 5) is 15.0. The molecule has 4 heteroatoms. The molecule has 2 saturated heterocycles. The SMILES string of the molecule is CC1CC(C)CN(Cc2ccccc2CNC(=O)C2CCNCC2)C1. The van der Waals surface area contributed by atoms with Gasteiger partial charge < -0.3 is 10.6 Å². The Morgan fingerprint density at radius 3 is 2.44 bits per heavy atom. The molecule has 0 spiro atoms. The van der Waals surface area contributed by atoms with Gasteiger partial charge in [-0.15, -0.1) is 0 Å². The number of carbonyl (C=O) groups is 1. The molecule has 2 fully saturated rings. The van der Waals surface area contributed by atoms with E-state index in [0.29, 0.717) is 6.54 Å². The van der Waals surface area contributed by atoms with E-state index in [2.05, 4.69) is 53.6 Å². The van der Waals surface area contributed by atoms with Gasteiger partial charge in [0.2, 0.25) is 5.91 Å². The van der Waals surface area contributed by atoms with Gasteiger partial charge in [0, 0.05) is 32.1 Å². The number of piperidine rings is 2. The lowest BCUT2D eigenvalue weighted by molar-refractivity contribution is -0.125. The van der Waals surface area contributed by atoms with Gasteiger partial charge in [-0.1, -0.05) is 38.1 Å². The molecule has 2 aliphatic heterocycles. The second-order valence-electron chi connectivity index (χ2n) is 8.15. The minimum absolute atomic E-state index is 0.178. The Balaban J connectivity index is 1.57. The van der Waals surface area contributed by atoms with Gasteiger partial charge in [-0.05, 0) is 55.3 Å². The van der Waals surface area contributed by atoms with Crippen molar-refractivity contribution < 1.29 is 4.79 Å². The maximum absolute atomic E-state index is 12.4. The Morgan fingerprint density at radius 1 is 1.12 bits per heavy atom. The predicted molar refractivity (Wildman–Crippen MR) is 102 cm³/mol. The Morgan fingerprint density at radius 2 is 1.76 bits per heavy atom. The zero-order chi connectivity index (χ0) is 17.6. The number of likely N-dealkylation sites (tertiary alicyclic amines) is 1. The van der Waals surface area contributed by atoms with E-state index in [0.717, 1.165) is 44.3 Å². The molecule has 25 heavy (non-hydrogen) atoms. The number of hydrogen-bond donors (Lipinski definition) is 2. The maximum Gasteiger partial charge on any atom is 0.223 e. The van der Waals surface area contributed by atoms with Crippen LogP contribution in [0.25, 0.3) is 0 Å². The first kappa shape index (κ1) is 18.4. The van der Waals surface area contributed by atoms with Crippen LogP contribution in [0.3, 0.4) is 0 Å². The molecule has 2 N–H and O–H groups in total. The number of carbonyl (C=O) groups excluding carboxylic acids is 1. The quantitative estimate of drug-likeness (QED) is 0.864. The highest BCUT2D eigenvalue weighted by atomic mass is 16.1. The molecule has 2 unspecified atom stereocenters. The van der Waals surface area contributed by atoms with E-state index in [1.807, 2.05) is 0 Å². The lowest BCUT2D eigenvalue weighted by Gasteiger charge is -2.35. The van der Waals surface area contributed by atoms with Crippen LogP contribution in [-0.2, 0) is 17.9 Å². The van der Waals surface area contributed by atoms with Crippen LogP contribution in [0.15, 0.2) is 24.3 Å². The third-order valence-electron chi connectivity index (χ3n) is 5.62. The van der Waals surface area contributed by atoms with Gasteiger partial charge in [-0.3, -0.25) is 9.69 Å². The summed E-state index contributed by atoms with van der Waals surface area (Å²) in [5.74, 6) is 1.94. The van der Waals surface area contributed by atoms with Crippen molar-refractivity contribution in [2.75, 3.05) is 26.2 Å². The molecule has 2 aliphatic rings. The fourth-order valence-electron chi connectivity index (χ4n) is 4.46. The molecular weight excluding hydrogens is 310 g/mol. The van der Waals surface area contributed by atoms with Crippen molar-refractivity contribution in [1.82, 2.24) is 15.5 Å². The lowest BCUT2D eigenvalue weighted by Crippen LogP contribution is -2.39. The van der Waals surface area contributed by atoms with Crippen LogP contribution >= 0.6 is 0 Å². The van der Waals surface area contributed by atoms with E-state index in [4.69, 9.17) is 0 Å². The number of benzene rings is 1. The molecule has 1 amide bonds. The Hall–Kier alpha value is -1.39. The number of amides is 1. The largest absolute Gasteiger partial charge is 0.352 e. The van der Waals surface area contributed by atoms with Gasteiger partial charge in [-0.25, -0.2) is 0 Å². The molecule has 4 nitrogen and oxygen atoms in total. The zero-order valence-electron chi connectivity index (χ0n) is 15.8. The summed E-state index contributed by atoms with van der Waals surface area (Å²) in [5.41, 5.74) is 2.62. The van der Waals surface area contributed by atoms with Gasteiger partial charge in [-0.2, -0.15) is 0 Å². The number of rotatable bonds is 5. The van der Waals surface area contributed by atoms with Gasteiger partial charge >= 0.3 is 0 Å². The van der Waals surface area contributed by atoms with E-state index in [1.54, 1.807) is 0 Å². The molecule has 0 aliphatic carbocycles. The molecule has 0 saturated carbocycles. The Labute approximate surface area is 152 Å². The second-order valence-corrected chi connectivity index (χ2v) is 8.15. The van der Waals surface area contributed by atoms with Crippen LogP contribution in [0.1, 0.15) is 44.2 Å². The first-order valence-corrected chi connectivity index (χ1v) is 9.89. The number of nitrogens with one attached hydrogen (secondary N) is 2. The van der Waals surface area contributed by atoms with Gasteiger partial charge in [0.1, 0.15) is 0 Å². The standard InChI is InChI=1S/C21H33N3O/c1-16-11-17(2)14-24(13-16)15-20-6-4-3-5-19(20)12-23-21(25)18-7-9-22-10-8-18/h3-6,16-18,22H,7-15H2,1-2H3,(H,23,25). The smallest absolute Gasteiger partial charge is 0.223 e. The van der Waals surface area contributed by atoms with Crippen molar-refractivity contribution in [2.24, 2.45) is 17.8 Å². The molecule has 0 bridgehead atoms. The average Bonchev–Trinajstić information content (AvgIpc) is 2.60. The Kier molecular flexibility index (Phi) is 6.49. The maximum atomic E-state index is 12.4. The van der Waals surface area contributed by atoms with Crippen LogP contribution in [0.4, 0.5) is 0 Å². The van der Waals surface area contributed by atoms with Crippen LogP contribution in [-0.4, -0.2) is 37.0 Å². The average molecular weight is 344 g/mol. The first-order valence-electron chi connectivity index (χ1n) is 9.89. The van der Waals surface area contributed by atoms with E-state index < -0.39 is 0 Å². The van der Waals surface area contributed by atoms with Crippen molar-refractivity contribution in [1.29, 1.82) is 0 Å². The van der Waals surface area contributed by atoms with Gasteiger partial charge in [0.05, 0.1) is 0 Å². The summed E-state index contributed by atoms with van der Waals surface area (Å²) < 4.78 is 0. The van der Waals surface area contributed by atoms with Gasteiger partial charge in [0.15, 0.2) is 0 Å². The lowest BCUT2D eigenvalue weighted by atomic mass is 9.91. The van der Waals surface area contributed by atoms with E-state index >= 15 is 0 Å². The summed E-state index contributed by atoms with van der Waals surface area (Å²) in [7, 11) is 0. The molecule has 2 heterocycles. The van der Waals surface area contributed by atoms with Crippen molar-refractivity contribution >= 4 is 5.91 Å². The van der Waals surface area contributed by atoms with E-state index in [9.17, 15) is 4.79 Å². The molecule has 1 aromatic carbocycles. The Bertz CT molecular complexity index is 558. The van der Waals surface area contributed by atoms with Crippen LogP contribution in [0.5, 0.6) is 0 Å². The van der Waals surface area contributed by atoms with Crippen molar-refractivity contribution in [3.05, 3.63) is 35.4 Å². The highest BCUT2D eigenvalue weighted by Gasteiger charge is 2.23. The summed E-state index contributed by atoms with van der Waals surface area (Å²) in [5, 5.41) is 6.50. The van der Waals surface area contributed by atoms with Crippen LogP contribution < -0.4 is 10.6 Å². The topological polar surface area (TPSA) is 44.4 Å². The van der Waals surface area contributed by atoms with Crippen molar-refractivity contribution in [2.45, 2.75) is 46.2 Å². The van der Waals surface area contributed by atoms with Crippen molar-refractivity contribution in [3.8, 4) is 0 Å². The highest BCUT2D eigenvalue weighted by Crippen LogP contribution is 2.23. The molecular formula is C21H33N3O. The minimum atomic E-state index is 0.178. The molecule has 3 rings (SSSR count). The van der Waals surface area contributed by atoms with Gasteiger partial charge in [0.25, 0.3) is 0 Å². The number of hydrogen-bond acceptors (Lipinski definition) is 3. The normalized spacial score (nSPS) is 25.7. The fraction of sp³-hybridized carbons (Fsp3) is 0.667. The third-order valence-corrected chi connectivity index (χ3v) is 5.62. The molecule has 2 atom stereocenters. The van der Waals surface area contributed by atoms with Crippen LogP contribution in [0, 0.1) is 17.8 Å².